The lowest BCUT2D eigenvalue weighted by Crippen LogP contribution is -2.37. The second-order valence-corrected chi connectivity index (χ2v) is 8.36. The van der Waals surface area contributed by atoms with Crippen molar-refractivity contribution < 1.29 is 28.2 Å². The largest absolute Gasteiger partial charge is 0.478 e. The summed E-state index contributed by atoms with van der Waals surface area (Å²) >= 11 is 0. The summed E-state index contributed by atoms with van der Waals surface area (Å²) < 4.78 is 34.1. The normalized spacial score (nSPS) is 20.0. The van der Waals surface area contributed by atoms with E-state index in [1.54, 1.807) is 32.9 Å². The Morgan fingerprint density at radius 3 is 2.58 bits per heavy atom. The number of carbonyl (C=O) groups excluding carboxylic acids is 1. The number of ether oxygens (including phenoxy) is 1. The van der Waals surface area contributed by atoms with Gasteiger partial charge in [0.1, 0.15) is 5.60 Å². The molecule has 2 aromatic rings. The number of rotatable bonds is 3. The molecule has 31 heavy (non-hydrogen) atoms. The van der Waals surface area contributed by atoms with Crippen LogP contribution in [0.5, 0.6) is 0 Å². The average Bonchev–Trinajstić information content (AvgIpc) is 2.80. The Balaban J connectivity index is 2.14. The molecule has 0 aliphatic heterocycles. The third-order valence-electron chi connectivity index (χ3n) is 4.96. The second-order valence-electron chi connectivity index (χ2n) is 8.36. The third-order valence-corrected chi connectivity index (χ3v) is 4.96. The Kier molecular flexibility index (Phi) is 6.38. The number of carbonyl (C=O) groups is 2. The molecule has 6 nitrogen and oxygen atoms in total. The van der Waals surface area contributed by atoms with Gasteiger partial charge in [0, 0.05) is 23.8 Å². The predicted molar refractivity (Wildman–Crippen MR) is 110 cm³/mol. The first-order valence-corrected chi connectivity index (χ1v) is 9.89. The molecular weight excluding hydrogens is 406 g/mol. The molecule has 1 heterocycles. The summed E-state index contributed by atoms with van der Waals surface area (Å²) in [5.41, 5.74) is 0.670. The molecule has 3 rings (SSSR count). The number of alkyl carbamates (subject to hydrolysis) is 1. The molecule has 2 atom stereocenters. The summed E-state index contributed by atoms with van der Waals surface area (Å²) in [6.07, 6.45) is 2.36. The Morgan fingerprint density at radius 2 is 1.90 bits per heavy atom. The van der Waals surface area contributed by atoms with Crippen molar-refractivity contribution in [2.75, 3.05) is 0 Å². The first-order chi connectivity index (χ1) is 14.6. The van der Waals surface area contributed by atoms with Crippen molar-refractivity contribution in [2.45, 2.75) is 51.2 Å². The van der Waals surface area contributed by atoms with E-state index < -0.39 is 41.3 Å². The molecule has 1 amide bonds. The first-order valence-electron chi connectivity index (χ1n) is 9.89. The number of benzene rings is 1. The van der Waals surface area contributed by atoms with Gasteiger partial charge in [-0.1, -0.05) is 18.2 Å². The fraction of sp³-hybridized carbons (Fsp3) is 0.348. The Morgan fingerprint density at radius 1 is 1.19 bits per heavy atom. The van der Waals surface area contributed by atoms with E-state index in [2.05, 4.69) is 10.3 Å². The van der Waals surface area contributed by atoms with Crippen molar-refractivity contribution in [3.63, 3.8) is 0 Å². The molecule has 1 aliphatic rings. The van der Waals surface area contributed by atoms with Crippen molar-refractivity contribution in [2.24, 2.45) is 0 Å². The van der Waals surface area contributed by atoms with Crippen molar-refractivity contribution in [3.8, 4) is 0 Å². The van der Waals surface area contributed by atoms with Crippen molar-refractivity contribution in [3.05, 3.63) is 71.1 Å². The second kappa shape index (κ2) is 8.83. The van der Waals surface area contributed by atoms with Crippen molar-refractivity contribution in [1.82, 2.24) is 10.3 Å². The fourth-order valence-electron chi connectivity index (χ4n) is 3.79. The van der Waals surface area contributed by atoms with Gasteiger partial charge in [0.15, 0.2) is 11.6 Å². The van der Waals surface area contributed by atoms with E-state index in [1.807, 2.05) is 0 Å². The summed E-state index contributed by atoms with van der Waals surface area (Å²) in [5, 5.41) is 12.1. The highest BCUT2D eigenvalue weighted by molar-refractivity contribution is 5.90. The molecule has 0 fully saturated rings. The number of aromatic nitrogens is 1. The number of allylic oxidation sites excluding steroid dienone is 1. The lowest BCUT2D eigenvalue weighted by atomic mass is 9.85. The summed E-state index contributed by atoms with van der Waals surface area (Å²) in [4.78, 5) is 28.3. The molecule has 1 aliphatic carbocycles. The lowest BCUT2D eigenvalue weighted by molar-refractivity contribution is -0.131. The number of hydrogen-bond acceptors (Lipinski definition) is 4. The highest BCUT2D eigenvalue weighted by atomic mass is 19.2. The van der Waals surface area contributed by atoms with Gasteiger partial charge in [0.05, 0.1) is 11.7 Å². The SMILES string of the molecule is CC(C)(C)OC(=O)N[C@@H]1c2cccnc2C(=CC(=O)O)CC[C@H]1c1cccc(F)c1F. The number of carboxylic acids is 1. The molecule has 0 saturated carbocycles. The van der Waals surface area contributed by atoms with Crippen LogP contribution in [0.2, 0.25) is 0 Å². The van der Waals surface area contributed by atoms with E-state index in [0.29, 0.717) is 16.8 Å². The number of aliphatic carboxylic acids is 1. The standard InChI is InChI=1S/C23H24F2N2O4/c1-23(2,3)31-22(30)27-21-15(14-6-4-8-17(24)19(14)25)10-9-13(12-18(28)29)20-16(21)7-5-11-26-20/h4-8,11-12,15,21H,9-10H2,1-3H3,(H,27,30)(H,28,29)/t15-,21-/m0/s1. The molecule has 1 aromatic heterocycles. The smallest absolute Gasteiger partial charge is 0.408 e. The molecule has 1 aromatic carbocycles. The molecule has 8 heteroatoms. The number of nitrogens with one attached hydrogen (secondary N) is 1. The van der Waals surface area contributed by atoms with Crippen molar-refractivity contribution in [1.29, 1.82) is 0 Å². The lowest BCUT2D eigenvalue weighted by Gasteiger charge is -2.29. The number of carboxylic acid groups (broad SMARTS) is 1. The zero-order chi connectivity index (χ0) is 22.8. The topological polar surface area (TPSA) is 88.5 Å². The van der Waals surface area contributed by atoms with Gasteiger partial charge >= 0.3 is 12.1 Å². The van der Waals surface area contributed by atoms with Crippen LogP contribution in [0.4, 0.5) is 13.6 Å². The third kappa shape index (κ3) is 5.25. The summed E-state index contributed by atoms with van der Waals surface area (Å²) in [6, 6.07) is 6.42. The molecule has 164 valence electrons. The first kappa shape index (κ1) is 22.4. The van der Waals surface area contributed by atoms with Gasteiger partial charge < -0.3 is 15.2 Å². The molecule has 2 N–H and O–H groups in total. The highest BCUT2D eigenvalue weighted by Gasteiger charge is 2.35. The number of hydrogen-bond donors (Lipinski definition) is 2. The molecule has 0 spiro atoms. The Hall–Kier alpha value is -3.29. The van der Waals surface area contributed by atoms with Gasteiger partial charge in [-0.05, 0) is 56.9 Å². The quantitative estimate of drug-likeness (QED) is 0.530. The van der Waals surface area contributed by atoms with Crippen LogP contribution in [0.15, 0.2) is 42.6 Å². The molecule has 0 unspecified atom stereocenters. The number of nitrogens with zero attached hydrogens (tertiary/aromatic N) is 1. The zero-order valence-corrected chi connectivity index (χ0v) is 17.5. The monoisotopic (exact) mass is 430 g/mol. The van der Waals surface area contributed by atoms with Gasteiger partial charge in [-0.15, -0.1) is 0 Å². The minimum absolute atomic E-state index is 0.0902. The molecule has 0 saturated heterocycles. The van der Waals surface area contributed by atoms with E-state index in [9.17, 15) is 23.5 Å². The van der Waals surface area contributed by atoms with Crippen LogP contribution in [0, 0.1) is 11.6 Å². The van der Waals surface area contributed by atoms with E-state index in [-0.39, 0.29) is 18.4 Å². The zero-order valence-electron chi connectivity index (χ0n) is 17.5. The van der Waals surface area contributed by atoms with Crippen LogP contribution < -0.4 is 5.32 Å². The van der Waals surface area contributed by atoms with Gasteiger partial charge in [0.2, 0.25) is 0 Å². The van der Waals surface area contributed by atoms with E-state index in [4.69, 9.17) is 4.74 Å². The predicted octanol–water partition coefficient (Wildman–Crippen LogP) is 4.97. The molecular formula is C23H24F2N2O4. The number of halogens is 2. The van der Waals surface area contributed by atoms with Crippen LogP contribution in [0.3, 0.4) is 0 Å². The summed E-state index contributed by atoms with van der Waals surface area (Å²) in [7, 11) is 0. The van der Waals surface area contributed by atoms with E-state index in [1.165, 1.54) is 18.3 Å². The number of amides is 1. The van der Waals surface area contributed by atoms with Crippen molar-refractivity contribution >= 4 is 17.6 Å². The highest BCUT2D eigenvalue weighted by Crippen LogP contribution is 2.43. The van der Waals surface area contributed by atoms with Crippen LogP contribution in [0.1, 0.15) is 62.4 Å². The molecule has 0 bridgehead atoms. The minimum atomic E-state index is -1.14. The number of pyridine rings is 1. The Labute approximate surface area is 179 Å². The van der Waals surface area contributed by atoms with Gasteiger partial charge in [-0.25, -0.2) is 18.4 Å². The summed E-state index contributed by atoms with van der Waals surface area (Å²) in [5.74, 6) is -3.81. The maximum absolute atomic E-state index is 14.7. The van der Waals surface area contributed by atoms with Crippen LogP contribution in [-0.4, -0.2) is 27.8 Å². The van der Waals surface area contributed by atoms with E-state index >= 15 is 0 Å². The summed E-state index contributed by atoms with van der Waals surface area (Å²) in [6.45, 7) is 5.14. The maximum Gasteiger partial charge on any atom is 0.408 e. The van der Waals surface area contributed by atoms with E-state index in [0.717, 1.165) is 12.1 Å². The van der Waals surface area contributed by atoms with Crippen LogP contribution in [0.25, 0.3) is 5.57 Å². The van der Waals surface area contributed by atoms with Gasteiger partial charge in [-0.2, -0.15) is 0 Å². The minimum Gasteiger partial charge on any atom is -0.478 e. The maximum atomic E-state index is 14.7. The fourth-order valence-corrected chi connectivity index (χ4v) is 3.79. The number of fused-ring (bicyclic) bond motifs is 1. The molecule has 0 radical (unpaired) electrons. The Bertz CT molecular complexity index is 1030. The van der Waals surface area contributed by atoms with Gasteiger partial charge in [0.25, 0.3) is 0 Å². The van der Waals surface area contributed by atoms with Crippen LogP contribution in [-0.2, 0) is 9.53 Å². The van der Waals surface area contributed by atoms with Crippen LogP contribution >= 0.6 is 0 Å². The van der Waals surface area contributed by atoms with Gasteiger partial charge in [-0.3, -0.25) is 4.98 Å². The average molecular weight is 430 g/mol.